The maximum absolute atomic E-state index is 13.5. The Kier molecular flexibility index (Phi) is 6.19. The number of carboxylic acids is 1. The molecule has 1 aromatic heterocycles. The summed E-state index contributed by atoms with van der Waals surface area (Å²) in [6.07, 6.45) is 4.28. The number of hydrogen-bond donors (Lipinski definition) is 2. The highest BCUT2D eigenvalue weighted by atomic mass is 32.2. The Morgan fingerprint density at radius 1 is 1.11 bits per heavy atom. The second-order valence-corrected chi connectivity index (χ2v) is 10.6. The van der Waals surface area contributed by atoms with E-state index in [1.54, 1.807) is 47.4 Å². The molecule has 0 radical (unpaired) electrons. The first kappa shape index (κ1) is 24.2. The molecule has 0 bridgehead atoms. The van der Waals surface area contributed by atoms with E-state index in [1.807, 2.05) is 37.4 Å². The van der Waals surface area contributed by atoms with E-state index in [0.717, 1.165) is 22.2 Å². The third kappa shape index (κ3) is 4.79. The molecule has 5 rings (SSSR count). The molecule has 0 spiro atoms. The minimum absolute atomic E-state index is 0.0327. The number of hydrogen-bond acceptors (Lipinski definition) is 5. The Labute approximate surface area is 214 Å². The third-order valence-electron chi connectivity index (χ3n) is 6.45. The van der Waals surface area contributed by atoms with Crippen LogP contribution in [0.4, 0.5) is 11.4 Å². The predicted octanol–water partition coefficient (Wildman–Crippen LogP) is 4.36. The van der Waals surface area contributed by atoms with Gasteiger partial charge in [0.15, 0.2) is 0 Å². The van der Waals surface area contributed by atoms with Gasteiger partial charge in [-0.3, -0.25) is 9.52 Å². The minimum Gasteiger partial charge on any atom is -0.480 e. The van der Waals surface area contributed by atoms with E-state index in [9.17, 15) is 18.3 Å². The number of nitriles is 1. The van der Waals surface area contributed by atoms with Gasteiger partial charge in [0.1, 0.15) is 11.4 Å². The summed E-state index contributed by atoms with van der Waals surface area (Å²) in [5.41, 5.74) is 5.14. The van der Waals surface area contributed by atoms with Crippen LogP contribution in [-0.2, 0) is 28.3 Å². The van der Waals surface area contributed by atoms with Crippen LogP contribution >= 0.6 is 0 Å². The van der Waals surface area contributed by atoms with Crippen LogP contribution in [0, 0.1) is 11.3 Å². The Bertz CT molecular complexity index is 1700. The molecule has 0 unspecified atom stereocenters. The van der Waals surface area contributed by atoms with Crippen molar-refractivity contribution < 1.29 is 18.3 Å². The number of aliphatic carboxylic acids is 1. The lowest BCUT2D eigenvalue weighted by Crippen LogP contribution is -2.33. The highest BCUT2D eigenvalue weighted by molar-refractivity contribution is 7.92. The van der Waals surface area contributed by atoms with Crippen molar-refractivity contribution in [2.45, 2.75) is 11.3 Å². The number of carboxylic acid groups (broad SMARTS) is 1. The molecule has 4 aromatic rings. The summed E-state index contributed by atoms with van der Waals surface area (Å²) in [5, 5.41) is 19.2. The Morgan fingerprint density at radius 2 is 1.89 bits per heavy atom. The van der Waals surface area contributed by atoms with Gasteiger partial charge in [-0.25, -0.2) is 8.42 Å². The molecule has 0 saturated carbocycles. The molecule has 0 atom stereocenters. The highest BCUT2D eigenvalue weighted by Gasteiger charge is 2.26. The van der Waals surface area contributed by atoms with Crippen LogP contribution in [0.1, 0.15) is 22.4 Å². The Balaban J connectivity index is 1.45. The van der Waals surface area contributed by atoms with Gasteiger partial charge in [-0.1, -0.05) is 36.4 Å². The van der Waals surface area contributed by atoms with Crippen LogP contribution in [0.3, 0.4) is 0 Å². The molecule has 186 valence electrons. The summed E-state index contributed by atoms with van der Waals surface area (Å²) in [5.74, 6) is -1.03. The van der Waals surface area contributed by atoms with E-state index < -0.39 is 16.0 Å². The van der Waals surface area contributed by atoms with Gasteiger partial charge in [-0.2, -0.15) is 5.26 Å². The number of aromatic nitrogens is 1. The number of sulfonamides is 1. The molecule has 2 heterocycles. The van der Waals surface area contributed by atoms with Crippen molar-refractivity contribution in [3.63, 3.8) is 0 Å². The fourth-order valence-electron chi connectivity index (χ4n) is 4.69. The molecule has 0 saturated heterocycles. The quantitative estimate of drug-likeness (QED) is 0.380. The number of nitrogens with zero attached hydrogens (tertiary/aromatic N) is 3. The van der Waals surface area contributed by atoms with Gasteiger partial charge in [0, 0.05) is 42.3 Å². The molecule has 37 heavy (non-hydrogen) atoms. The van der Waals surface area contributed by atoms with Crippen LogP contribution in [-0.4, -0.2) is 37.2 Å². The average Bonchev–Trinajstić information content (AvgIpc) is 3.18. The first-order chi connectivity index (χ1) is 17.7. The fraction of sp³-hybridized carbons (Fsp3) is 0.143. The SMILES string of the molecule is Cn1c(Cc2ccc(C#N)cc2)cc2cc(NS(=O)(=O)c3cccc4c3N(CC(=O)O)CC=C4)ccc21. The Hall–Kier alpha value is -4.55. The van der Waals surface area contributed by atoms with Crippen molar-refractivity contribution in [1.29, 1.82) is 5.26 Å². The molecule has 0 amide bonds. The maximum Gasteiger partial charge on any atom is 0.323 e. The molecule has 8 nitrogen and oxygen atoms in total. The molecular weight excluding hydrogens is 488 g/mol. The highest BCUT2D eigenvalue weighted by Crippen LogP contribution is 2.34. The zero-order valence-corrected chi connectivity index (χ0v) is 20.9. The smallest absolute Gasteiger partial charge is 0.323 e. The van der Waals surface area contributed by atoms with E-state index in [-0.39, 0.29) is 11.4 Å². The number of rotatable bonds is 7. The van der Waals surface area contributed by atoms with E-state index >= 15 is 0 Å². The lowest BCUT2D eigenvalue weighted by atomic mass is 10.1. The second-order valence-electron chi connectivity index (χ2n) is 8.93. The number of carbonyl (C=O) groups is 1. The number of nitrogens with one attached hydrogen (secondary N) is 1. The van der Waals surface area contributed by atoms with E-state index in [0.29, 0.717) is 35.5 Å². The average molecular weight is 513 g/mol. The van der Waals surface area contributed by atoms with Crippen LogP contribution < -0.4 is 9.62 Å². The minimum atomic E-state index is -4.00. The summed E-state index contributed by atoms with van der Waals surface area (Å²) in [7, 11) is -2.04. The molecule has 2 N–H and O–H groups in total. The molecular formula is C28H24N4O4S. The second kappa shape index (κ2) is 9.48. The lowest BCUT2D eigenvalue weighted by Gasteiger charge is -2.28. The van der Waals surface area contributed by atoms with Gasteiger partial charge >= 0.3 is 5.97 Å². The monoisotopic (exact) mass is 512 g/mol. The Morgan fingerprint density at radius 3 is 2.62 bits per heavy atom. The van der Waals surface area contributed by atoms with E-state index in [1.165, 1.54) is 6.07 Å². The normalized spacial score (nSPS) is 12.8. The summed E-state index contributed by atoms with van der Waals surface area (Å²) in [6.45, 7) is 0.00564. The first-order valence-corrected chi connectivity index (χ1v) is 13.1. The van der Waals surface area contributed by atoms with Crippen LogP contribution in [0.15, 0.2) is 77.7 Å². The molecule has 9 heteroatoms. The molecule has 0 fully saturated rings. The van der Waals surface area contributed by atoms with E-state index in [4.69, 9.17) is 5.26 Å². The van der Waals surface area contributed by atoms with Crippen molar-refractivity contribution in [1.82, 2.24) is 4.57 Å². The van der Waals surface area contributed by atoms with Crippen molar-refractivity contribution in [3.8, 4) is 6.07 Å². The molecule has 0 aliphatic carbocycles. The van der Waals surface area contributed by atoms with Gasteiger partial charge in [-0.15, -0.1) is 0 Å². The van der Waals surface area contributed by atoms with Gasteiger partial charge in [0.25, 0.3) is 10.0 Å². The van der Waals surface area contributed by atoms with Gasteiger partial charge in [0.2, 0.25) is 0 Å². The summed E-state index contributed by atoms with van der Waals surface area (Å²) < 4.78 is 31.7. The molecule has 1 aliphatic rings. The molecule has 3 aromatic carbocycles. The number of aryl methyl sites for hydroxylation is 1. The topological polar surface area (TPSA) is 115 Å². The van der Waals surface area contributed by atoms with Crippen LogP contribution in [0.5, 0.6) is 0 Å². The fourth-order valence-corrected chi connectivity index (χ4v) is 6.00. The molecule has 1 aliphatic heterocycles. The summed E-state index contributed by atoms with van der Waals surface area (Å²) in [6, 6.07) is 21.9. The lowest BCUT2D eigenvalue weighted by molar-refractivity contribution is -0.135. The number of anilines is 2. The standard InChI is InChI=1S/C28H24N4O4S/c1-31-24(14-19-7-9-20(17-29)10-8-19)16-22-15-23(11-12-25(22)31)30-37(35,36)26-6-2-4-21-5-3-13-32(28(21)26)18-27(33)34/h2-12,15-16,30H,13-14,18H2,1H3,(H,33,34). The maximum atomic E-state index is 13.5. The van der Waals surface area contributed by atoms with Crippen molar-refractivity contribution in [2.75, 3.05) is 22.7 Å². The van der Waals surface area contributed by atoms with Crippen molar-refractivity contribution >= 4 is 44.3 Å². The summed E-state index contributed by atoms with van der Waals surface area (Å²) >= 11 is 0. The largest absolute Gasteiger partial charge is 0.480 e. The van der Waals surface area contributed by atoms with Crippen LogP contribution in [0.2, 0.25) is 0 Å². The third-order valence-corrected chi connectivity index (χ3v) is 7.86. The first-order valence-electron chi connectivity index (χ1n) is 11.6. The van der Waals surface area contributed by atoms with Crippen molar-refractivity contribution in [3.05, 3.63) is 95.2 Å². The number of fused-ring (bicyclic) bond motifs is 2. The van der Waals surface area contributed by atoms with Crippen molar-refractivity contribution in [2.24, 2.45) is 7.05 Å². The zero-order valence-electron chi connectivity index (χ0n) is 20.0. The van der Waals surface area contributed by atoms with Gasteiger partial charge in [-0.05, 0) is 53.6 Å². The number of benzene rings is 3. The van der Waals surface area contributed by atoms with Gasteiger partial charge in [0.05, 0.1) is 17.3 Å². The van der Waals surface area contributed by atoms with E-state index in [2.05, 4.69) is 15.4 Å². The zero-order chi connectivity index (χ0) is 26.2. The van der Waals surface area contributed by atoms with Gasteiger partial charge < -0.3 is 14.6 Å². The number of para-hydroxylation sites is 1. The summed E-state index contributed by atoms with van der Waals surface area (Å²) in [4.78, 5) is 13.0. The van der Waals surface area contributed by atoms with Crippen LogP contribution in [0.25, 0.3) is 17.0 Å². The predicted molar refractivity (Wildman–Crippen MR) is 143 cm³/mol.